The van der Waals surface area contributed by atoms with Crippen LogP contribution in [0.4, 0.5) is 4.39 Å². The van der Waals surface area contributed by atoms with Crippen molar-refractivity contribution in [1.82, 2.24) is 15.5 Å². The molecule has 1 aliphatic heterocycles. The highest BCUT2D eigenvalue weighted by Gasteiger charge is 2.21. The van der Waals surface area contributed by atoms with Gasteiger partial charge in [0, 0.05) is 37.3 Å². The molecule has 0 bridgehead atoms. The topological polar surface area (TPSA) is 63.5 Å². The number of hydrogen-bond donors (Lipinski definition) is 2. The molecule has 25 heavy (non-hydrogen) atoms. The molecule has 2 N–H and O–H groups in total. The number of benzene rings is 1. The minimum Gasteiger partial charge on any atom is -0.357 e. The average molecular weight is 345 g/mol. The fraction of sp³-hybridized carbons (Fsp3) is 0.579. The van der Waals surface area contributed by atoms with E-state index in [9.17, 15) is 4.39 Å². The Morgan fingerprint density at radius 2 is 2.12 bits per heavy atom. The fourth-order valence-electron chi connectivity index (χ4n) is 3.00. The maximum atomic E-state index is 13.9. The fourth-order valence-corrected chi connectivity index (χ4v) is 3.00. The molecule has 0 aliphatic carbocycles. The second kappa shape index (κ2) is 9.38. The molecule has 1 fully saturated rings. The van der Waals surface area contributed by atoms with Crippen LogP contribution in [-0.4, -0.2) is 42.6 Å². The first-order valence-electron chi connectivity index (χ1n) is 9.01. The molecule has 0 saturated carbocycles. The van der Waals surface area contributed by atoms with Crippen LogP contribution in [-0.2, 0) is 6.54 Å². The molecule has 6 heteroatoms. The summed E-state index contributed by atoms with van der Waals surface area (Å²) in [5.41, 5.74) is 0.886. The van der Waals surface area contributed by atoms with E-state index in [0.717, 1.165) is 32.5 Å². The van der Waals surface area contributed by atoms with Crippen LogP contribution in [0.15, 0.2) is 23.2 Å². The Morgan fingerprint density at radius 1 is 1.40 bits per heavy atom. The van der Waals surface area contributed by atoms with Gasteiger partial charge in [-0.15, -0.1) is 0 Å². The van der Waals surface area contributed by atoms with Gasteiger partial charge in [-0.3, -0.25) is 0 Å². The molecule has 0 spiro atoms. The van der Waals surface area contributed by atoms with Crippen molar-refractivity contribution in [2.75, 3.05) is 19.6 Å². The summed E-state index contributed by atoms with van der Waals surface area (Å²) in [6.45, 7) is 9.57. The molecule has 0 radical (unpaired) electrons. The molecule has 1 aromatic rings. The van der Waals surface area contributed by atoms with Crippen LogP contribution in [0, 0.1) is 17.1 Å². The molecule has 0 amide bonds. The summed E-state index contributed by atoms with van der Waals surface area (Å²) in [5, 5.41) is 15.6. The maximum Gasteiger partial charge on any atom is 0.191 e. The number of nitrogens with one attached hydrogen (secondary N) is 2. The monoisotopic (exact) mass is 345 g/mol. The lowest BCUT2D eigenvalue weighted by Crippen LogP contribution is -2.49. The lowest BCUT2D eigenvalue weighted by molar-refractivity contribution is 0.167. The Bertz CT molecular complexity index is 627. The quantitative estimate of drug-likeness (QED) is 0.636. The van der Waals surface area contributed by atoms with Crippen LogP contribution in [0.5, 0.6) is 0 Å². The highest BCUT2D eigenvalue weighted by molar-refractivity contribution is 5.80. The van der Waals surface area contributed by atoms with Crippen molar-refractivity contribution in [3.8, 4) is 6.07 Å². The van der Waals surface area contributed by atoms with Crippen molar-refractivity contribution in [1.29, 1.82) is 5.26 Å². The van der Waals surface area contributed by atoms with E-state index >= 15 is 0 Å². The van der Waals surface area contributed by atoms with E-state index in [1.165, 1.54) is 12.1 Å². The Morgan fingerprint density at radius 3 is 2.72 bits per heavy atom. The van der Waals surface area contributed by atoms with Crippen molar-refractivity contribution in [2.45, 2.75) is 52.2 Å². The van der Waals surface area contributed by atoms with Gasteiger partial charge in [0.1, 0.15) is 5.82 Å². The van der Waals surface area contributed by atoms with Crippen LogP contribution in [0.2, 0.25) is 0 Å². The predicted octanol–water partition coefficient (Wildman–Crippen LogP) is 2.63. The number of nitrogens with zero attached hydrogens (tertiary/aromatic N) is 3. The predicted molar refractivity (Wildman–Crippen MR) is 98.8 cm³/mol. The molecule has 1 aromatic carbocycles. The number of hydrogen-bond acceptors (Lipinski definition) is 3. The second-order valence-electron chi connectivity index (χ2n) is 6.66. The SMILES string of the molecule is CCNC(=NCc1cc(C#N)ccc1F)NC1CCN(C(C)C)CC1. The lowest BCUT2D eigenvalue weighted by Gasteiger charge is -2.35. The van der Waals surface area contributed by atoms with E-state index in [1.54, 1.807) is 6.07 Å². The van der Waals surface area contributed by atoms with Crippen molar-refractivity contribution in [3.05, 3.63) is 35.1 Å². The zero-order valence-electron chi connectivity index (χ0n) is 15.3. The van der Waals surface area contributed by atoms with Gasteiger partial charge in [0.25, 0.3) is 0 Å². The third-order valence-electron chi connectivity index (χ3n) is 4.53. The number of rotatable bonds is 5. The van der Waals surface area contributed by atoms with Gasteiger partial charge in [0.15, 0.2) is 5.96 Å². The Kier molecular flexibility index (Phi) is 7.20. The largest absolute Gasteiger partial charge is 0.357 e. The molecule has 1 saturated heterocycles. The summed E-state index contributed by atoms with van der Waals surface area (Å²) in [5.74, 6) is 0.371. The van der Waals surface area contributed by atoms with Crippen LogP contribution in [0.25, 0.3) is 0 Å². The standard InChI is InChI=1S/C19H28FN5/c1-4-22-19(24-17-7-9-25(10-8-17)14(2)3)23-13-16-11-15(12-21)5-6-18(16)20/h5-6,11,14,17H,4,7-10,13H2,1-3H3,(H2,22,23,24). The number of likely N-dealkylation sites (tertiary alicyclic amines) is 1. The van der Waals surface area contributed by atoms with Gasteiger partial charge in [-0.2, -0.15) is 5.26 Å². The molecule has 0 unspecified atom stereocenters. The van der Waals surface area contributed by atoms with E-state index in [1.807, 2.05) is 13.0 Å². The summed E-state index contributed by atoms with van der Waals surface area (Å²) < 4.78 is 13.9. The molecule has 1 heterocycles. The van der Waals surface area contributed by atoms with E-state index in [4.69, 9.17) is 5.26 Å². The minimum absolute atomic E-state index is 0.210. The summed E-state index contributed by atoms with van der Waals surface area (Å²) in [6.07, 6.45) is 2.14. The van der Waals surface area contributed by atoms with Gasteiger partial charge >= 0.3 is 0 Å². The third kappa shape index (κ3) is 5.71. The van der Waals surface area contributed by atoms with Crippen LogP contribution in [0.3, 0.4) is 0 Å². The number of halogens is 1. The second-order valence-corrected chi connectivity index (χ2v) is 6.66. The molecule has 0 aromatic heterocycles. The summed E-state index contributed by atoms with van der Waals surface area (Å²) in [4.78, 5) is 6.98. The van der Waals surface area contributed by atoms with E-state index in [-0.39, 0.29) is 12.4 Å². The molecular formula is C19H28FN5. The smallest absolute Gasteiger partial charge is 0.191 e. The van der Waals surface area contributed by atoms with Crippen molar-refractivity contribution >= 4 is 5.96 Å². The van der Waals surface area contributed by atoms with E-state index in [2.05, 4.69) is 34.4 Å². The number of piperidine rings is 1. The van der Waals surface area contributed by atoms with Gasteiger partial charge in [-0.1, -0.05) is 0 Å². The zero-order chi connectivity index (χ0) is 18.2. The van der Waals surface area contributed by atoms with Gasteiger partial charge in [0.05, 0.1) is 18.2 Å². The number of nitriles is 1. The minimum atomic E-state index is -0.330. The van der Waals surface area contributed by atoms with Gasteiger partial charge in [-0.05, 0) is 51.8 Å². The van der Waals surface area contributed by atoms with Gasteiger partial charge < -0.3 is 15.5 Å². The summed E-state index contributed by atoms with van der Waals surface area (Å²) in [6, 6.07) is 7.36. The van der Waals surface area contributed by atoms with Crippen LogP contribution < -0.4 is 10.6 Å². The molecular weight excluding hydrogens is 317 g/mol. The van der Waals surface area contributed by atoms with Crippen LogP contribution in [0.1, 0.15) is 44.7 Å². The van der Waals surface area contributed by atoms with Crippen molar-refractivity contribution in [2.24, 2.45) is 4.99 Å². The lowest BCUT2D eigenvalue weighted by atomic mass is 10.0. The normalized spacial score (nSPS) is 16.7. The van der Waals surface area contributed by atoms with Gasteiger partial charge in [0.2, 0.25) is 0 Å². The van der Waals surface area contributed by atoms with Crippen molar-refractivity contribution in [3.63, 3.8) is 0 Å². The molecule has 5 nitrogen and oxygen atoms in total. The molecule has 2 rings (SSSR count). The Hall–Kier alpha value is -2.13. The number of aliphatic imine (C=N–C) groups is 1. The van der Waals surface area contributed by atoms with E-state index in [0.29, 0.717) is 29.2 Å². The highest BCUT2D eigenvalue weighted by atomic mass is 19.1. The maximum absolute atomic E-state index is 13.9. The third-order valence-corrected chi connectivity index (χ3v) is 4.53. The Balaban J connectivity index is 1.98. The first kappa shape index (κ1) is 19.2. The average Bonchev–Trinajstić information content (AvgIpc) is 2.61. The molecule has 1 aliphatic rings. The van der Waals surface area contributed by atoms with E-state index < -0.39 is 0 Å². The van der Waals surface area contributed by atoms with Crippen LogP contribution >= 0.6 is 0 Å². The highest BCUT2D eigenvalue weighted by Crippen LogP contribution is 2.14. The zero-order valence-corrected chi connectivity index (χ0v) is 15.3. The van der Waals surface area contributed by atoms with Gasteiger partial charge in [-0.25, -0.2) is 9.38 Å². The number of guanidine groups is 1. The summed E-state index contributed by atoms with van der Waals surface area (Å²) in [7, 11) is 0. The first-order valence-corrected chi connectivity index (χ1v) is 9.01. The summed E-state index contributed by atoms with van der Waals surface area (Å²) >= 11 is 0. The van der Waals surface area contributed by atoms with Crippen molar-refractivity contribution < 1.29 is 4.39 Å². The molecule has 0 atom stereocenters. The molecule has 136 valence electrons. The first-order chi connectivity index (χ1) is 12.0. The Labute approximate surface area is 149 Å².